The second-order valence-corrected chi connectivity index (χ2v) is 6.11. The Morgan fingerprint density at radius 2 is 1.52 bits per heavy atom. The fourth-order valence-corrected chi connectivity index (χ4v) is 2.83. The van der Waals surface area contributed by atoms with Crippen LogP contribution in [0.25, 0.3) is 0 Å². The maximum atomic E-state index is 12.1. The Hall–Kier alpha value is -2.82. The Kier molecular flexibility index (Phi) is 5.67. The zero-order chi connectivity index (χ0) is 17.5. The van der Waals surface area contributed by atoms with E-state index < -0.39 is 0 Å². The first kappa shape index (κ1) is 17.0. The molecule has 1 saturated heterocycles. The third-order valence-electron chi connectivity index (χ3n) is 4.14. The molecule has 0 bridgehead atoms. The van der Waals surface area contributed by atoms with E-state index in [0.29, 0.717) is 11.4 Å². The molecule has 1 aliphatic rings. The molecule has 0 spiro atoms. The summed E-state index contributed by atoms with van der Waals surface area (Å²) in [5.74, 6) is 1.06. The van der Waals surface area contributed by atoms with Crippen molar-refractivity contribution in [3.8, 4) is 11.5 Å². The van der Waals surface area contributed by atoms with Gasteiger partial charge in [0, 0.05) is 18.8 Å². The van der Waals surface area contributed by atoms with Crippen LogP contribution < -0.4 is 10.1 Å². The molecule has 0 unspecified atom stereocenters. The van der Waals surface area contributed by atoms with Crippen LogP contribution >= 0.6 is 0 Å². The van der Waals surface area contributed by atoms with E-state index in [4.69, 9.17) is 4.74 Å². The van der Waals surface area contributed by atoms with Gasteiger partial charge in [-0.25, -0.2) is 0 Å². The molecular formula is C20H22N2O3. The Labute approximate surface area is 147 Å². The summed E-state index contributed by atoms with van der Waals surface area (Å²) < 4.78 is 5.71. The van der Waals surface area contributed by atoms with Gasteiger partial charge in [0.15, 0.2) is 0 Å². The average Bonchev–Trinajstić information content (AvgIpc) is 2.65. The van der Waals surface area contributed by atoms with E-state index in [9.17, 15) is 9.59 Å². The molecule has 3 rings (SSSR count). The topological polar surface area (TPSA) is 58.6 Å². The molecule has 1 N–H and O–H groups in total. The maximum absolute atomic E-state index is 12.1. The summed E-state index contributed by atoms with van der Waals surface area (Å²) >= 11 is 0. The van der Waals surface area contributed by atoms with Crippen LogP contribution in [0.2, 0.25) is 0 Å². The minimum Gasteiger partial charge on any atom is -0.457 e. The molecule has 1 aliphatic heterocycles. The number of anilines is 1. The predicted molar refractivity (Wildman–Crippen MR) is 96.6 cm³/mol. The first-order valence-corrected chi connectivity index (χ1v) is 8.61. The lowest BCUT2D eigenvalue weighted by Gasteiger charge is -2.26. The number of rotatable bonds is 5. The molecule has 0 saturated carbocycles. The number of likely N-dealkylation sites (tertiary alicyclic amines) is 1. The van der Waals surface area contributed by atoms with Crippen LogP contribution in [0, 0.1) is 0 Å². The van der Waals surface area contributed by atoms with Crippen LogP contribution in [-0.4, -0.2) is 29.8 Å². The van der Waals surface area contributed by atoms with Crippen molar-refractivity contribution >= 4 is 17.5 Å². The number of amides is 2. The Balaban J connectivity index is 1.50. The molecule has 0 atom stereocenters. The monoisotopic (exact) mass is 338 g/mol. The largest absolute Gasteiger partial charge is 0.457 e. The number of hydrogen-bond donors (Lipinski definition) is 1. The van der Waals surface area contributed by atoms with E-state index in [1.165, 1.54) is 0 Å². The highest BCUT2D eigenvalue weighted by molar-refractivity contribution is 6.03. The van der Waals surface area contributed by atoms with Gasteiger partial charge in [0.2, 0.25) is 11.8 Å². The average molecular weight is 338 g/mol. The second kappa shape index (κ2) is 8.33. The highest BCUT2D eigenvalue weighted by Crippen LogP contribution is 2.22. The summed E-state index contributed by atoms with van der Waals surface area (Å²) in [7, 11) is 0. The molecule has 2 aromatic rings. The van der Waals surface area contributed by atoms with E-state index in [2.05, 4.69) is 5.32 Å². The van der Waals surface area contributed by atoms with Crippen molar-refractivity contribution in [1.29, 1.82) is 0 Å². The van der Waals surface area contributed by atoms with Gasteiger partial charge in [-0.15, -0.1) is 0 Å². The molecular weight excluding hydrogens is 316 g/mol. The summed E-state index contributed by atoms with van der Waals surface area (Å²) in [6.45, 7) is 1.52. The second-order valence-electron chi connectivity index (χ2n) is 6.11. The van der Waals surface area contributed by atoms with Gasteiger partial charge in [-0.3, -0.25) is 9.59 Å². The Morgan fingerprint density at radius 3 is 2.20 bits per heavy atom. The molecule has 2 amide bonds. The SMILES string of the molecule is O=C(CC(=O)N1CCCCC1)Nc1ccc(Oc2ccccc2)cc1. The third-order valence-corrected chi connectivity index (χ3v) is 4.14. The molecule has 1 fully saturated rings. The minimum absolute atomic E-state index is 0.0961. The van der Waals surface area contributed by atoms with E-state index >= 15 is 0 Å². The number of para-hydroxylation sites is 1. The number of piperidine rings is 1. The van der Waals surface area contributed by atoms with Crippen LogP contribution in [0.3, 0.4) is 0 Å². The van der Waals surface area contributed by atoms with Crippen molar-refractivity contribution in [2.75, 3.05) is 18.4 Å². The van der Waals surface area contributed by atoms with Gasteiger partial charge in [-0.1, -0.05) is 18.2 Å². The zero-order valence-corrected chi connectivity index (χ0v) is 14.1. The van der Waals surface area contributed by atoms with Crippen molar-refractivity contribution in [3.05, 3.63) is 54.6 Å². The lowest BCUT2D eigenvalue weighted by Crippen LogP contribution is -2.37. The van der Waals surface area contributed by atoms with Gasteiger partial charge in [0.25, 0.3) is 0 Å². The van der Waals surface area contributed by atoms with Crippen LogP contribution in [0.15, 0.2) is 54.6 Å². The first-order chi connectivity index (χ1) is 12.2. The third kappa shape index (κ3) is 5.08. The van der Waals surface area contributed by atoms with Gasteiger partial charge in [-0.05, 0) is 55.7 Å². The maximum Gasteiger partial charge on any atom is 0.233 e. The summed E-state index contributed by atoms with van der Waals surface area (Å²) in [6, 6.07) is 16.6. The highest BCUT2D eigenvalue weighted by Gasteiger charge is 2.19. The van der Waals surface area contributed by atoms with Crippen molar-refractivity contribution in [2.45, 2.75) is 25.7 Å². The normalized spacial score (nSPS) is 14.0. The number of carbonyl (C=O) groups excluding carboxylic acids is 2. The van der Waals surface area contributed by atoms with Crippen molar-refractivity contribution in [1.82, 2.24) is 4.90 Å². The summed E-state index contributed by atoms with van der Waals surface area (Å²) in [4.78, 5) is 25.9. The van der Waals surface area contributed by atoms with Crippen molar-refractivity contribution < 1.29 is 14.3 Å². The minimum atomic E-state index is -0.285. The number of nitrogens with one attached hydrogen (secondary N) is 1. The van der Waals surface area contributed by atoms with Gasteiger partial charge < -0.3 is 15.0 Å². The Bertz CT molecular complexity index is 707. The molecule has 25 heavy (non-hydrogen) atoms. The standard InChI is InChI=1S/C20H22N2O3/c23-19(15-20(24)22-13-5-2-6-14-22)21-16-9-11-18(12-10-16)25-17-7-3-1-4-8-17/h1,3-4,7-12H,2,5-6,13-15H2,(H,21,23). The Morgan fingerprint density at radius 1 is 0.880 bits per heavy atom. The summed E-state index contributed by atoms with van der Waals surface area (Å²) in [6.07, 6.45) is 3.10. The fraction of sp³-hybridized carbons (Fsp3) is 0.300. The molecule has 0 radical (unpaired) electrons. The van der Waals surface area contributed by atoms with Crippen molar-refractivity contribution in [3.63, 3.8) is 0 Å². The van der Waals surface area contributed by atoms with E-state index in [1.807, 2.05) is 30.3 Å². The number of carbonyl (C=O) groups is 2. The first-order valence-electron chi connectivity index (χ1n) is 8.61. The van der Waals surface area contributed by atoms with Crippen LogP contribution in [0.5, 0.6) is 11.5 Å². The molecule has 5 heteroatoms. The predicted octanol–water partition coefficient (Wildman–Crippen LogP) is 3.82. The lowest BCUT2D eigenvalue weighted by atomic mass is 10.1. The molecule has 0 aromatic heterocycles. The summed E-state index contributed by atoms with van der Waals surface area (Å²) in [5.41, 5.74) is 0.650. The van der Waals surface area contributed by atoms with E-state index in [0.717, 1.165) is 38.1 Å². The van der Waals surface area contributed by atoms with Crippen LogP contribution in [0.4, 0.5) is 5.69 Å². The number of ether oxygens (including phenoxy) is 1. The van der Waals surface area contributed by atoms with Gasteiger partial charge in [0.1, 0.15) is 17.9 Å². The lowest BCUT2D eigenvalue weighted by molar-refractivity contribution is -0.135. The molecule has 0 aliphatic carbocycles. The molecule has 5 nitrogen and oxygen atoms in total. The number of hydrogen-bond acceptors (Lipinski definition) is 3. The summed E-state index contributed by atoms with van der Waals surface area (Å²) in [5, 5.41) is 2.76. The fourth-order valence-electron chi connectivity index (χ4n) is 2.83. The van der Waals surface area contributed by atoms with Crippen molar-refractivity contribution in [2.24, 2.45) is 0 Å². The molecule has 130 valence electrons. The zero-order valence-electron chi connectivity index (χ0n) is 14.1. The van der Waals surface area contributed by atoms with Crippen LogP contribution in [-0.2, 0) is 9.59 Å². The smallest absolute Gasteiger partial charge is 0.233 e. The van der Waals surface area contributed by atoms with E-state index in [-0.39, 0.29) is 18.2 Å². The number of benzene rings is 2. The van der Waals surface area contributed by atoms with Crippen LogP contribution in [0.1, 0.15) is 25.7 Å². The van der Waals surface area contributed by atoms with Gasteiger partial charge in [-0.2, -0.15) is 0 Å². The highest BCUT2D eigenvalue weighted by atomic mass is 16.5. The van der Waals surface area contributed by atoms with E-state index in [1.54, 1.807) is 29.2 Å². The molecule has 1 heterocycles. The molecule has 2 aromatic carbocycles. The van der Waals surface area contributed by atoms with Gasteiger partial charge >= 0.3 is 0 Å². The quantitative estimate of drug-likeness (QED) is 0.843. The number of nitrogens with zero attached hydrogens (tertiary/aromatic N) is 1. The van der Waals surface area contributed by atoms with Gasteiger partial charge in [0.05, 0.1) is 0 Å².